The summed E-state index contributed by atoms with van der Waals surface area (Å²) in [6.45, 7) is 4.34. The Balaban J connectivity index is 2.34. The van der Waals surface area contributed by atoms with Gasteiger partial charge >= 0.3 is 0 Å². The van der Waals surface area contributed by atoms with Crippen LogP contribution in [-0.2, 0) is 0 Å². The highest BCUT2D eigenvalue weighted by Gasteiger charge is 2.16. The summed E-state index contributed by atoms with van der Waals surface area (Å²) >= 11 is 0. The quantitative estimate of drug-likeness (QED) is 0.822. The second-order valence-electron chi connectivity index (χ2n) is 4.42. The summed E-state index contributed by atoms with van der Waals surface area (Å²) in [6.07, 6.45) is 3.24. The molecule has 0 aliphatic carbocycles. The van der Waals surface area contributed by atoms with Crippen LogP contribution in [0.3, 0.4) is 0 Å². The first-order chi connectivity index (χ1) is 8.76. The normalized spacial score (nSPS) is 12.6. The molecule has 1 atom stereocenters. The summed E-state index contributed by atoms with van der Waals surface area (Å²) in [4.78, 5) is 0. The third kappa shape index (κ3) is 2.50. The molecule has 0 spiro atoms. The standard InChI is InChI=1S/C13H19N5/c1-3-5-12(4-2)18-13(15-16-17-18)10-6-8-11(14)9-7-10/h6-9,12H,3-5,14H2,1-2H3. The number of hydrogen-bond donors (Lipinski definition) is 1. The predicted octanol–water partition coefficient (Wildman–Crippen LogP) is 2.67. The minimum atomic E-state index is 0.359. The fraction of sp³-hybridized carbons (Fsp3) is 0.462. The van der Waals surface area contributed by atoms with Crippen LogP contribution in [0.15, 0.2) is 24.3 Å². The molecular weight excluding hydrogens is 226 g/mol. The average molecular weight is 245 g/mol. The molecule has 1 aromatic heterocycles. The van der Waals surface area contributed by atoms with E-state index in [2.05, 4.69) is 29.4 Å². The second-order valence-corrected chi connectivity index (χ2v) is 4.42. The first-order valence-corrected chi connectivity index (χ1v) is 6.40. The molecule has 0 fully saturated rings. The number of rotatable bonds is 5. The molecule has 1 aromatic carbocycles. The molecule has 0 aliphatic heterocycles. The number of anilines is 1. The second kappa shape index (κ2) is 5.62. The van der Waals surface area contributed by atoms with Crippen LogP contribution >= 0.6 is 0 Å². The summed E-state index contributed by atoms with van der Waals surface area (Å²) < 4.78 is 1.93. The van der Waals surface area contributed by atoms with Crippen LogP contribution < -0.4 is 5.73 Å². The monoisotopic (exact) mass is 245 g/mol. The topological polar surface area (TPSA) is 69.6 Å². The molecule has 96 valence electrons. The third-order valence-corrected chi connectivity index (χ3v) is 3.10. The van der Waals surface area contributed by atoms with Gasteiger partial charge in [0.15, 0.2) is 5.82 Å². The highest BCUT2D eigenvalue weighted by molar-refractivity contribution is 5.58. The number of nitrogens with two attached hydrogens (primary N) is 1. The summed E-state index contributed by atoms with van der Waals surface area (Å²) in [7, 11) is 0. The minimum Gasteiger partial charge on any atom is -0.399 e. The highest BCUT2D eigenvalue weighted by atomic mass is 15.5. The Morgan fingerprint density at radius 2 is 1.94 bits per heavy atom. The van der Waals surface area contributed by atoms with E-state index >= 15 is 0 Å². The van der Waals surface area contributed by atoms with Crippen molar-refractivity contribution >= 4 is 5.69 Å². The average Bonchev–Trinajstić information content (AvgIpc) is 2.86. The van der Waals surface area contributed by atoms with Gasteiger partial charge in [-0.3, -0.25) is 0 Å². The summed E-state index contributed by atoms with van der Waals surface area (Å²) in [6, 6.07) is 8.01. The molecule has 0 saturated heterocycles. The van der Waals surface area contributed by atoms with Gasteiger partial charge in [-0.2, -0.15) is 0 Å². The molecular formula is C13H19N5. The van der Waals surface area contributed by atoms with Crippen LogP contribution in [0.2, 0.25) is 0 Å². The van der Waals surface area contributed by atoms with Crippen LogP contribution in [0.1, 0.15) is 39.2 Å². The van der Waals surface area contributed by atoms with E-state index in [1.807, 2.05) is 28.9 Å². The maximum absolute atomic E-state index is 5.69. The zero-order valence-electron chi connectivity index (χ0n) is 10.9. The van der Waals surface area contributed by atoms with Crippen molar-refractivity contribution < 1.29 is 0 Å². The molecule has 2 aromatic rings. The van der Waals surface area contributed by atoms with Gasteiger partial charge in [-0.1, -0.05) is 20.3 Å². The Labute approximate surface area is 107 Å². The summed E-state index contributed by atoms with van der Waals surface area (Å²) in [5.74, 6) is 0.815. The van der Waals surface area contributed by atoms with Gasteiger partial charge < -0.3 is 5.73 Å². The predicted molar refractivity (Wildman–Crippen MR) is 71.9 cm³/mol. The van der Waals surface area contributed by atoms with Crippen LogP contribution in [0.4, 0.5) is 5.69 Å². The number of aromatic nitrogens is 4. The van der Waals surface area contributed by atoms with Gasteiger partial charge in [0.1, 0.15) is 0 Å². The number of benzene rings is 1. The first-order valence-electron chi connectivity index (χ1n) is 6.40. The van der Waals surface area contributed by atoms with Crippen molar-refractivity contribution in [2.24, 2.45) is 0 Å². The van der Waals surface area contributed by atoms with E-state index in [0.29, 0.717) is 6.04 Å². The van der Waals surface area contributed by atoms with E-state index in [4.69, 9.17) is 5.73 Å². The largest absolute Gasteiger partial charge is 0.399 e. The van der Waals surface area contributed by atoms with Crippen molar-refractivity contribution in [3.63, 3.8) is 0 Å². The maximum atomic E-state index is 5.69. The molecule has 5 nitrogen and oxygen atoms in total. The van der Waals surface area contributed by atoms with Gasteiger partial charge in [0.05, 0.1) is 6.04 Å². The van der Waals surface area contributed by atoms with E-state index in [9.17, 15) is 0 Å². The Morgan fingerprint density at radius 1 is 1.22 bits per heavy atom. The SMILES string of the molecule is CCCC(CC)n1nnnc1-c1ccc(N)cc1. The van der Waals surface area contributed by atoms with Crippen LogP contribution in [0.5, 0.6) is 0 Å². The number of hydrogen-bond acceptors (Lipinski definition) is 4. The van der Waals surface area contributed by atoms with Crippen LogP contribution in [-0.4, -0.2) is 20.2 Å². The first kappa shape index (κ1) is 12.5. The smallest absolute Gasteiger partial charge is 0.182 e. The Hall–Kier alpha value is -1.91. The van der Waals surface area contributed by atoms with Gasteiger partial charge in [-0.15, -0.1) is 5.10 Å². The molecule has 0 radical (unpaired) electrons. The van der Waals surface area contributed by atoms with E-state index in [0.717, 1.165) is 36.3 Å². The van der Waals surface area contributed by atoms with Crippen molar-refractivity contribution in [2.45, 2.75) is 39.2 Å². The molecule has 1 unspecified atom stereocenters. The molecule has 0 saturated carbocycles. The molecule has 2 N–H and O–H groups in total. The van der Waals surface area contributed by atoms with Gasteiger partial charge in [-0.25, -0.2) is 4.68 Å². The number of nitrogens with zero attached hydrogens (tertiary/aromatic N) is 4. The summed E-state index contributed by atoms with van der Waals surface area (Å²) in [5, 5.41) is 12.1. The molecule has 0 bridgehead atoms. The van der Waals surface area contributed by atoms with Crippen LogP contribution in [0.25, 0.3) is 11.4 Å². The molecule has 5 heteroatoms. The maximum Gasteiger partial charge on any atom is 0.182 e. The molecule has 18 heavy (non-hydrogen) atoms. The van der Waals surface area contributed by atoms with Crippen molar-refractivity contribution in [3.05, 3.63) is 24.3 Å². The van der Waals surface area contributed by atoms with Gasteiger partial charge in [0.25, 0.3) is 0 Å². The van der Waals surface area contributed by atoms with Gasteiger partial charge in [0, 0.05) is 11.3 Å². The summed E-state index contributed by atoms with van der Waals surface area (Å²) in [5.41, 5.74) is 7.45. The van der Waals surface area contributed by atoms with Crippen LogP contribution in [0, 0.1) is 0 Å². The minimum absolute atomic E-state index is 0.359. The van der Waals surface area contributed by atoms with Crippen molar-refractivity contribution in [2.75, 3.05) is 5.73 Å². The van der Waals surface area contributed by atoms with Gasteiger partial charge in [-0.05, 0) is 47.5 Å². The lowest BCUT2D eigenvalue weighted by atomic mass is 10.1. The number of nitrogen functional groups attached to an aromatic ring is 1. The molecule has 0 aliphatic rings. The lowest BCUT2D eigenvalue weighted by Crippen LogP contribution is -2.11. The van der Waals surface area contributed by atoms with Crippen molar-refractivity contribution in [1.82, 2.24) is 20.2 Å². The van der Waals surface area contributed by atoms with E-state index in [1.165, 1.54) is 0 Å². The lowest BCUT2D eigenvalue weighted by molar-refractivity contribution is 0.404. The van der Waals surface area contributed by atoms with Crippen molar-refractivity contribution in [3.8, 4) is 11.4 Å². The molecule has 0 amide bonds. The zero-order chi connectivity index (χ0) is 13.0. The Morgan fingerprint density at radius 3 is 2.56 bits per heavy atom. The highest BCUT2D eigenvalue weighted by Crippen LogP contribution is 2.24. The third-order valence-electron chi connectivity index (χ3n) is 3.10. The fourth-order valence-corrected chi connectivity index (χ4v) is 2.09. The lowest BCUT2D eigenvalue weighted by Gasteiger charge is -2.15. The number of tetrazole rings is 1. The zero-order valence-corrected chi connectivity index (χ0v) is 10.9. The van der Waals surface area contributed by atoms with E-state index < -0.39 is 0 Å². The van der Waals surface area contributed by atoms with E-state index in [1.54, 1.807) is 0 Å². The molecule has 2 rings (SSSR count). The Bertz CT molecular complexity index is 488. The van der Waals surface area contributed by atoms with Crippen molar-refractivity contribution in [1.29, 1.82) is 0 Å². The molecule has 1 heterocycles. The van der Waals surface area contributed by atoms with Gasteiger partial charge in [0.2, 0.25) is 0 Å². The fourth-order valence-electron chi connectivity index (χ4n) is 2.09. The van der Waals surface area contributed by atoms with E-state index in [-0.39, 0.29) is 0 Å². The Kier molecular flexibility index (Phi) is 3.92.